The Morgan fingerprint density at radius 1 is 1.11 bits per heavy atom. The lowest BCUT2D eigenvalue weighted by molar-refractivity contribution is -0.144. The van der Waals surface area contributed by atoms with Crippen molar-refractivity contribution in [3.05, 3.63) is 33.9 Å². The lowest BCUT2D eigenvalue weighted by Crippen LogP contribution is -2.38. The summed E-state index contributed by atoms with van der Waals surface area (Å²) in [6.45, 7) is 12.8. The number of nitrogens with zero attached hydrogens (tertiary/aromatic N) is 2. The van der Waals surface area contributed by atoms with Crippen LogP contribution in [0.3, 0.4) is 0 Å². The number of fused-ring (bicyclic) bond motifs is 1. The van der Waals surface area contributed by atoms with Gasteiger partial charge in [-0.05, 0) is 46.1 Å². The van der Waals surface area contributed by atoms with Crippen LogP contribution in [0.25, 0.3) is 0 Å². The molecule has 0 aromatic heterocycles. The molecule has 10 nitrogen and oxygen atoms in total. The van der Waals surface area contributed by atoms with Crippen LogP contribution in [-0.4, -0.2) is 87.5 Å². The minimum Gasteiger partial charge on any atom is -0.496 e. The minimum absolute atomic E-state index is 0.106. The predicted molar refractivity (Wildman–Crippen MR) is 141 cm³/mol. The van der Waals surface area contributed by atoms with Crippen LogP contribution in [0, 0.1) is 6.92 Å². The first kappa shape index (κ1) is 29.4. The zero-order valence-electron chi connectivity index (χ0n) is 23.2. The summed E-state index contributed by atoms with van der Waals surface area (Å²) in [7, 11) is 1.55. The van der Waals surface area contributed by atoms with E-state index in [1.165, 1.54) is 4.90 Å². The van der Waals surface area contributed by atoms with E-state index in [1.807, 2.05) is 33.8 Å². The Balaban J connectivity index is 1.71. The molecule has 0 N–H and O–H groups in total. The van der Waals surface area contributed by atoms with Gasteiger partial charge in [0.2, 0.25) is 0 Å². The summed E-state index contributed by atoms with van der Waals surface area (Å²) >= 11 is 0. The lowest BCUT2D eigenvalue weighted by atomic mass is 9.94. The molecule has 38 heavy (non-hydrogen) atoms. The number of hydrogen-bond acceptors (Lipinski definition) is 9. The largest absolute Gasteiger partial charge is 0.496 e. The smallest absolute Gasteiger partial charge is 0.415 e. The lowest BCUT2D eigenvalue weighted by Gasteiger charge is -2.26. The van der Waals surface area contributed by atoms with Crippen molar-refractivity contribution in [2.75, 3.05) is 59.7 Å². The molecule has 0 spiro atoms. The Bertz CT molecular complexity index is 1040. The summed E-state index contributed by atoms with van der Waals surface area (Å²) < 4.78 is 27.5. The summed E-state index contributed by atoms with van der Waals surface area (Å²) in [5.41, 5.74) is 3.28. The van der Waals surface area contributed by atoms with Crippen LogP contribution in [0.2, 0.25) is 0 Å². The third-order valence-corrected chi connectivity index (χ3v) is 6.99. The second kappa shape index (κ2) is 14.2. The van der Waals surface area contributed by atoms with Gasteiger partial charge in [0.15, 0.2) is 5.75 Å². The normalized spacial score (nSPS) is 15.6. The van der Waals surface area contributed by atoms with E-state index in [2.05, 4.69) is 4.90 Å². The van der Waals surface area contributed by atoms with Crippen LogP contribution in [0.4, 0.5) is 4.79 Å². The van der Waals surface area contributed by atoms with Gasteiger partial charge >= 0.3 is 18.0 Å². The number of amides is 1. The average molecular weight is 533 g/mol. The third-order valence-electron chi connectivity index (χ3n) is 6.99. The van der Waals surface area contributed by atoms with Crippen molar-refractivity contribution in [3.63, 3.8) is 0 Å². The molecule has 0 saturated carbocycles. The van der Waals surface area contributed by atoms with E-state index in [9.17, 15) is 14.4 Å². The molecule has 1 saturated heterocycles. The van der Waals surface area contributed by atoms with Crippen LogP contribution in [-0.2, 0) is 32.0 Å². The molecular weight excluding hydrogens is 492 g/mol. The Kier molecular flexibility index (Phi) is 11.0. The van der Waals surface area contributed by atoms with Gasteiger partial charge in [-0.15, -0.1) is 0 Å². The van der Waals surface area contributed by atoms with Crippen LogP contribution in [0.1, 0.15) is 60.7 Å². The quantitative estimate of drug-likeness (QED) is 0.295. The van der Waals surface area contributed by atoms with Crippen LogP contribution in [0.15, 0.2) is 11.6 Å². The van der Waals surface area contributed by atoms with E-state index in [0.717, 1.165) is 24.2 Å². The van der Waals surface area contributed by atoms with Crippen LogP contribution < -0.4 is 9.47 Å². The third kappa shape index (κ3) is 7.26. The molecule has 0 atom stereocenters. The van der Waals surface area contributed by atoms with Crippen molar-refractivity contribution in [2.24, 2.45) is 0 Å². The van der Waals surface area contributed by atoms with Crippen molar-refractivity contribution in [3.8, 4) is 11.5 Å². The number of ether oxygens (including phenoxy) is 5. The highest BCUT2D eigenvalue weighted by Crippen LogP contribution is 2.43. The van der Waals surface area contributed by atoms with E-state index in [4.69, 9.17) is 23.7 Å². The van der Waals surface area contributed by atoms with E-state index in [1.54, 1.807) is 7.11 Å². The van der Waals surface area contributed by atoms with Crippen molar-refractivity contribution in [1.82, 2.24) is 9.80 Å². The first-order chi connectivity index (χ1) is 18.3. The van der Waals surface area contributed by atoms with E-state index in [0.29, 0.717) is 69.2 Å². The van der Waals surface area contributed by atoms with E-state index >= 15 is 0 Å². The van der Waals surface area contributed by atoms with Gasteiger partial charge in [-0.2, -0.15) is 0 Å². The predicted octanol–water partition coefficient (Wildman–Crippen LogP) is 3.66. The van der Waals surface area contributed by atoms with Gasteiger partial charge in [-0.3, -0.25) is 9.69 Å². The maximum absolute atomic E-state index is 12.9. The number of cyclic esters (lactones) is 1. The second-order valence-corrected chi connectivity index (χ2v) is 9.36. The highest BCUT2D eigenvalue weighted by atomic mass is 16.6. The van der Waals surface area contributed by atoms with Crippen molar-refractivity contribution in [1.29, 1.82) is 0 Å². The van der Waals surface area contributed by atoms with Crippen molar-refractivity contribution in [2.45, 2.75) is 53.6 Å². The fraction of sp³-hybridized carbons (Fsp3) is 0.607. The number of hydrogen-bond donors (Lipinski definition) is 0. The van der Waals surface area contributed by atoms with Crippen molar-refractivity contribution < 1.29 is 38.1 Å². The first-order valence-corrected chi connectivity index (χ1v) is 13.3. The molecule has 1 aromatic carbocycles. The summed E-state index contributed by atoms with van der Waals surface area (Å²) in [6, 6.07) is 0. The molecule has 0 radical (unpaired) electrons. The molecule has 1 amide bonds. The number of esters is 2. The fourth-order valence-electron chi connectivity index (χ4n) is 4.62. The molecular formula is C28H40N2O8. The molecule has 210 valence electrons. The summed E-state index contributed by atoms with van der Waals surface area (Å²) in [5.74, 6) is -0.0344. The molecule has 0 unspecified atom stereocenters. The first-order valence-electron chi connectivity index (χ1n) is 13.3. The Labute approximate surface area is 224 Å². The molecule has 10 heteroatoms. The minimum atomic E-state index is -0.537. The Morgan fingerprint density at radius 3 is 2.47 bits per heavy atom. The SMILES string of the molecule is CCN(CC)C(=O)Oc1c(C/C=C(\C)CCC(=O)OCCN2CCOCC2)c(OC)c(C)c2c1C(=O)OC2. The monoisotopic (exact) mass is 532 g/mol. The molecule has 1 aromatic rings. The standard InChI is InChI=1S/C28H40N2O8/c1-6-30(7-2)28(33)38-26-21(25(34-5)20(4)22-18-37-27(32)24(22)26)10-8-19(3)9-11-23(31)36-17-14-29-12-15-35-16-13-29/h8H,6-7,9-18H2,1-5H3/b19-8+. The van der Waals surface area contributed by atoms with Gasteiger partial charge in [0.1, 0.15) is 24.5 Å². The summed E-state index contributed by atoms with van der Waals surface area (Å²) in [6.07, 6.45) is 2.56. The summed E-state index contributed by atoms with van der Waals surface area (Å²) in [4.78, 5) is 41.5. The maximum Gasteiger partial charge on any atom is 0.415 e. The van der Waals surface area contributed by atoms with Gasteiger partial charge in [0.25, 0.3) is 0 Å². The number of carbonyl (C=O) groups excluding carboxylic acids is 3. The molecule has 0 bridgehead atoms. The van der Waals surface area contributed by atoms with Crippen LogP contribution >= 0.6 is 0 Å². The second-order valence-electron chi connectivity index (χ2n) is 9.36. The average Bonchev–Trinajstić information content (AvgIpc) is 3.31. The summed E-state index contributed by atoms with van der Waals surface area (Å²) in [5, 5.41) is 0. The highest BCUT2D eigenvalue weighted by molar-refractivity contribution is 5.99. The van der Waals surface area contributed by atoms with Crippen LogP contribution in [0.5, 0.6) is 11.5 Å². The number of methoxy groups -OCH3 is 1. The number of allylic oxidation sites excluding steroid dienone is 2. The topological polar surface area (TPSA) is 104 Å². The molecule has 0 aliphatic carbocycles. The van der Waals surface area contributed by atoms with E-state index in [-0.39, 0.29) is 30.3 Å². The molecule has 1 fully saturated rings. The van der Waals surface area contributed by atoms with Crippen molar-refractivity contribution >= 4 is 18.0 Å². The molecule has 2 aliphatic rings. The Morgan fingerprint density at radius 2 is 1.82 bits per heavy atom. The molecule has 3 rings (SSSR count). The van der Waals surface area contributed by atoms with Gasteiger partial charge in [-0.1, -0.05) is 11.6 Å². The number of rotatable bonds is 12. The fourth-order valence-corrected chi connectivity index (χ4v) is 4.62. The zero-order valence-corrected chi connectivity index (χ0v) is 23.2. The number of morpholine rings is 1. The number of carbonyl (C=O) groups is 3. The maximum atomic E-state index is 12.9. The molecule has 2 heterocycles. The van der Waals surface area contributed by atoms with Gasteiger partial charge in [0, 0.05) is 50.3 Å². The van der Waals surface area contributed by atoms with Gasteiger partial charge in [0.05, 0.1) is 20.3 Å². The molecule has 2 aliphatic heterocycles. The highest BCUT2D eigenvalue weighted by Gasteiger charge is 2.34. The van der Waals surface area contributed by atoms with Gasteiger partial charge < -0.3 is 28.6 Å². The van der Waals surface area contributed by atoms with E-state index < -0.39 is 12.1 Å². The zero-order chi connectivity index (χ0) is 27.7. The number of benzene rings is 1. The van der Waals surface area contributed by atoms with Gasteiger partial charge in [-0.25, -0.2) is 9.59 Å². The Hall–Kier alpha value is -3.11.